The van der Waals surface area contributed by atoms with Crippen molar-refractivity contribution in [2.75, 3.05) is 20.1 Å². The summed E-state index contributed by atoms with van der Waals surface area (Å²) >= 11 is 0. The largest absolute Gasteiger partial charge is 0.355 e. The standard InChI is InChI=1S/C20H30N2O3S/c1-15-12-16(2)20(17(3)13-15)26(24,25)22(4)14-19(23)21-11-10-18-8-6-5-7-9-18/h8,12-13H,5-7,9-11,14H2,1-4H3,(H,21,23). The van der Waals surface area contributed by atoms with Crippen LogP contribution >= 0.6 is 0 Å². The predicted octanol–water partition coefficient (Wildman–Crippen LogP) is 3.24. The van der Waals surface area contributed by atoms with Gasteiger partial charge in [-0.25, -0.2) is 8.42 Å². The summed E-state index contributed by atoms with van der Waals surface area (Å²) in [6.45, 7) is 5.90. The number of sulfonamides is 1. The monoisotopic (exact) mass is 378 g/mol. The molecule has 0 saturated carbocycles. The van der Waals surface area contributed by atoms with E-state index in [1.165, 1.54) is 25.5 Å². The van der Waals surface area contributed by atoms with Gasteiger partial charge >= 0.3 is 0 Å². The van der Waals surface area contributed by atoms with Gasteiger partial charge < -0.3 is 5.32 Å². The van der Waals surface area contributed by atoms with Gasteiger partial charge in [0.1, 0.15) is 0 Å². The fourth-order valence-corrected chi connectivity index (χ4v) is 5.10. The molecule has 1 aliphatic carbocycles. The van der Waals surface area contributed by atoms with Crippen molar-refractivity contribution in [3.8, 4) is 0 Å². The fourth-order valence-electron chi connectivity index (χ4n) is 3.57. The Morgan fingerprint density at radius 3 is 2.38 bits per heavy atom. The molecule has 0 spiro atoms. The van der Waals surface area contributed by atoms with Crippen molar-refractivity contribution in [2.24, 2.45) is 0 Å². The molecule has 1 N–H and O–H groups in total. The second-order valence-electron chi connectivity index (χ2n) is 7.20. The van der Waals surface area contributed by atoms with E-state index in [1.807, 2.05) is 19.1 Å². The molecular formula is C20H30N2O3S. The highest BCUT2D eigenvalue weighted by molar-refractivity contribution is 7.89. The molecule has 0 aliphatic heterocycles. The quantitative estimate of drug-likeness (QED) is 0.741. The van der Waals surface area contributed by atoms with Gasteiger partial charge in [-0.15, -0.1) is 0 Å². The van der Waals surface area contributed by atoms with E-state index in [-0.39, 0.29) is 12.5 Å². The number of likely N-dealkylation sites (N-methyl/N-ethyl adjacent to an activating group) is 1. The summed E-state index contributed by atoms with van der Waals surface area (Å²) in [5.41, 5.74) is 3.83. The van der Waals surface area contributed by atoms with Crippen molar-refractivity contribution in [3.05, 3.63) is 40.5 Å². The zero-order chi connectivity index (χ0) is 19.3. The molecule has 0 heterocycles. The van der Waals surface area contributed by atoms with Gasteiger partial charge in [0.15, 0.2) is 0 Å². The molecule has 5 nitrogen and oxygen atoms in total. The molecule has 0 saturated heterocycles. The van der Waals surface area contributed by atoms with Crippen LogP contribution in [0.3, 0.4) is 0 Å². The average Bonchev–Trinajstić information content (AvgIpc) is 2.54. The Balaban J connectivity index is 1.96. The molecule has 0 aromatic heterocycles. The number of hydrogen-bond donors (Lipinski definition) is 1. The second-order valence-corrected chi connectivity index (χ2v) is 9.18. The van der Waals surface area contributed by atoms with Gasteiger partial charge in [0.05, 0.1) is 11.4 Å². The lowest BCUT2D eigenvalue weighted by Crippen LogP contribution is -2.39. The minimum atomic E-state index is -3.70. The Hall–Kier alpha value is -1.66. The van der Waals surface area contributed by atoms with E-state index in [0.717, 1.165) is 29.1 Å². The number of nitrogens with one attached hydrogen (secondary N) is 1. The molecule has 0 unspecified atom stereocenters. The highest BCUT2D eigenvalue weighted by Crippen LogP contribution is 2.24. The number of carbonyl (C=O) groups excluding carboxylic acids is 1. The molecular weight excluding hydrogens is 348 g/mol. The third kappa shape index (κ3) is 5.17. The average molecular weight is 379 g/mol. The molecule has 1 aromatic carbocycles. The SMILES string of the molecule is Cc1cc(C)c(S(=O)(=O)N(C)CC(=O)NCCC2=CCCCC2)c(C)c1. The van der Waals surface area contributed by atoms with Crippen LogP contribution in [0.1, 0.15) is 48.8 Å². The summed E-state index contributed by atoms with van der Waals surface area (Å²) < 4.78 is 26.9. The van der Waals surface area contributed by atoms with Crippen LogP contribution < -0.4 is 5.32 Å². The first-order valence-electron chi connectivity index (χ1n) is 9.20. The zero-order valence-electron chi connectivity index (χ0n) is 16.3. The molecule has 1 amide bonds. The molecule has 144 valence electrons. The number of carbonyl (C=O) groups is 1. The third-order valence-electron chi connectivity index (χ3n) is 4.79. The van der Waals surface area contributed by atoms with E-state index in [9.17, 15) is 13.2 Å². The molecule has 0 fully saturated rings. The Morgan fingerprint density at radius 2 is 1.81 bits per heavy atom. The van der Waals surface area contributed by atoms with Crippen molar-refractivity contribution in [1.29, 1.82) is 0 Å². The molecule has 0 atom stereocenters. The lowest BCUT2D eigenvalue weighted by molar-refractivity contribution is -0.121. The Morgan fingerprint density at radius 1 is 1.15 bits per heavy atom. The first-order chi connectivity index (χ1) is 12.2. The van der Waals surface area contributed by atoms with E-state index in [0.29, 0.717) is 22.6 Å². The minimum Gasteiger partial charge on any atom is -0.355 e. The highest BCUT2D eigenvalue weighted by atomic mass is 32.2. The topological polar surface area (TPSA) is 66.5 Å². The molecule has 6 heteroatoms. The Labute approximate surface area is 157 Å². The summed E-state index contributed by atoms with van der Waals surface area (Å²) in [5.74, 6) is -0.269. The molecule has 26 heavy (non-hydrogen) atoms. The van der Waals surface area contributed by atoms with Crippen molar-refractivity contribution in [1.82, 2.24) is 9.62 Å². The minimum absolute atomic E-state index is 0.172. The summed E-state index contributed by atoms with van der Waals surface area (Å²) in [6.07, 6.45) is 7.80. The summed E-state index contributed by atoms with van der Waals surface area (Å²) in [7, 11) is -2.24. The van der Waals surface area contributed by atoms with Crippen molar-refractivity contribution < 1.29 is 13.2 Å². The highest BCUT2D eigenvalue weighted by Gasteiger charge is 2.26. The molecule has 0 radical (unpaired) electrons. The molecule has 0 bridgehead atoms. The Bertz CT molecular complexity index is 774. The Kier molecular flexibility index (Phi) is 7.01. The van der Waals surface area contributed by atoms with Gasteiger partial charge in [0.2, 0.25) is 15.9 Å². The van der Waals surface area contributed by atoms with Gasteiger partial charge in [-0.2, -0.15) is 4.31 Å². The van der Waals surface area contributed by atoms with Gasteiger partial charge in [-0.1, -0.05) is 29.3 Å². The number of nitrogens with zero attached hydrogens (tertiary/aromatic N) is 1. The first-order valence-corrected chi connectivity index (χ1v) is 10.6. The van der Waals surface area contributed by atoms with E-state index < -0.39 is 10.0 Å². The van der Waals surface area contributed by atoms with Gasteiger partial charge in [0, 0.05) is 13.6 Å². The third-order valence-corrected chi connectivity index (χ3v) is 6.90. The summed E-state index contributed by atoms with van der Waals surface area (Å²) in [6, 6.07) is 3.71. The maximum atomic E-state index is 12.9. The zero-order valence-corrected chi connectivity index (χ0v) is 17.1. The number of amides is 1. The van der Waals surface area contributed by atoms with Crippen LogP contribution in [0.15, 0.2) is 28.7 Å². The smallest absolute Gasteiger partial charge is 0.243 e. The number of hydrogen-bond acceptors (Lipinski definition) is 3. The van der Waals surface area contributed by atoms with E-state index in [4.69, 9.17) is 0 Å². The van der Waals surface area contributed by atoms with Crippen LogP contribution in [0.25, 0.3) is 0 Å². The van der Waals surface area contributed by atoms with Crippen molar-refractivity contribution in [2.45, 2.75) is 57.8 Å². The molecule has 1 aromatic rings. The number of benzene rings is 1. The molecule has 1 aliphatic rings. The van der Waals surface area contributed by atoms with Crippen LogP contribution in [-0.2, 0) is 14.8 Å². The van der Waals surface area contributed by atoms with Crippen LogP contribution in [0.5, 0.6) is 0 Å². The first kappa shape index (κ1) is 20.6. The van der Waals surface area contributed by atoms with Crippen LogP contribution in [0.2, 0.25) is 0 Å². The second kappa shape index (κ2) is 8.82. The normalized spacial score (nSPS) is 15.0. The number of allylic oxidation sites excluding steroid dienone is 1. The van der Waals surface area contributed by atoms with Crippen molar-refractivity contribution in [3.63, 3.8) is 0 Å². The molecule has 2 rings (SSSR count). The van der Waals surface area contributed by atoms with Crippen LogP contribution in [-0.4, -0.2) is 38.8 Å². The van der Waals surface area contributed by atoms with Crippen LogP contribution in [0, 0.1) is 20.8 Å². The number of rotatable bonds is 7. The lowest BCUT2D eigenvalue weighted by Gasteiger charge is -2.20. The lowest BCUT2D eigenvalue weighted by atomic mass is 9.97. The maximum absolute atomic E-state index is 12.9. The van der Waals surface area contributed by atoms with E-state index in [2.05, 4.69) is 11.4 Å². The van der Waals surface area contributed by atoms with Gasteiger partial charge in [-0.05, 0) is 64.0 Å². The van der Waals surface area contributed by atoms with Crippen molar-refractivity contribution >= 4 is 15.9 Å². The fraction of sp³-hybridized carbons (Fsp3) is 0.550. The summed E-state index contributed by atoms with van der Waals surface area (Å²) in [4.78, 5) is 12.5. The van der Waals surface area contributed by atoms with Crippen LogP contribution in [0.4, 0.5) is 0 Å². The van der Waals surface area contributed by atoms with E-state index >= 15 is 0 Å². The van der Waals surface area contributed by atoms with Gasteiger partial charge in [-0.3, -0.25) is 4.79 Å². The number of aryl methyl sites for hydroxylation is 3. The summed E-state index contributed by atoms with van der Waals surface area (Å²) in [5, 5.41) is 2.84. The predicted molar refractivity (Wildman–Crippen MR) is 105 cm³/mol. The van der Waals surface area contributed by atoms with Gasteiger partial charge in [0.25, 0.3) is 0 Å². The van der Waals surface area contributed by atoms with E-state index in [1.54, 1.807) is 13.8 Å². The maximum Gasteiger partial charge on any atom is 0.243 e.